The van der Waals surface area contributed by atoms with E-state index in [1.165, 1.54) is 0 Å². The number of nitrogens with two attached hydrogens (primary N) is 1. The Bertz CT molecular complexity index is 603. The van der Waals surface area contributed by atoms with E-state index in [1.54, 1.807) is 14.2 Å². The van der Waals surface area contributed by atoms with Gasteiger partial charge in [0.05, 0.1) is 27.2 Å². The number of fused-ring (bicyclic) bond motifs is 1. The Morgan fingerprint density at radius 2 is 1.83 bits per heavy atom. The number of ether oxygens (including phenoxy) is 3. The molecule has 2 amide bonds. The molecule has 2 N–H and O–H groups in total. The van der Waals surface area contributed by atoms with Crippen LogP contribution in [-0.4, -0.2) is 50.8 Å². The summed E-state index contributed by atoms with van der Waals surface area (Å²) in [6.07, 6.45) is 1.81. The van der Waals surface area contributed by atoms with Gasteiger partial charge < -0.3 is 24.8 Å². The van der Waals surface area contributed by atoms with Crippen LogP contribution in [0.25, 0.3) is 0 Å². The molecule has 1 heterocycles. The lowest BCUT2D eigenvalue weighted by Gasteiger charge is -2.20. The molecule has 0 aromatic heterocycles. The van der Waals surface area contributed by atoms with E-state index >= 15 is 0 Å². The molecule has 0 saturated heterocycles. The smallest absolute Gasteiger partial charge is 0.404 e. The molecule has 24 heavy (non-hydrogen) atoms. The molecule has 0 atom stereocenters. The molecule has 1 aromatic rings. The van der Waals surface area contributed by atoms with E-state index in [0.717, 1.165) is 24.0 Å². The fourth-order valence-corrected chi connectivity index (χ4v) is 2.83. The minimum Gasteiger partial charge on any atom is -0.493 e. The van der Waals surface area contributed by atoms with Crippen molar-refractivity contribution in [1.29, 1.82) is 0 Å². The first-order chi connectivity index (χ1) is 11.5. The maximum atomic E-state index is 12.5. The summed E-state index contributed by atoms with van der Waals surface area (Å²) in [5, 5.41) is 0. The van der Waals surface area contributed by atoms with E-state index in [-0.39, 0.29) is 12.5 Å². The lowest BCUT2D eigenvalue weighted by atomic mass is 10.0. The molecule has 0 bridgehead atoms. The third kappa shape index (κ3) is 4.53. The normalized spacial score (nSPS) is 13.9. The zero-order chi connectivity index (χ0) is 17.5. The van der Waals surface area contributed by atoms with Crippen molar-refractivity contribution in [2.24, 2.45) is 5.73 Å². The van der Waals surface area contributed by atoms with Crippen LogP contribution in [-0.2, 0) is 22.4 Å². The first-order valence-electron chi connectivity index (χ1n) is 7.99. The summed E-state index contributed by atoms with van der Waals surface area (Å²) in [5.74, 6) is 1.42. The molecule has 7 nitrogen and oxygen atoms in total. The summed E-state index contributed by atoms with van der Waals surface area (Å²) in [4.78, 5) is 24.8. The number of unbranched alkanes of at least 4 members (excludes halogenated alkanes) is 1. The Morgan fingerprint density at radius 3 is 2.46 bits per heavy atom. The van der Waals surface area contributed by atoms with Crippen LogP contribution < -0.4 is 15.2 Å². The Balaban J connectivity index is 1.96. The SMILES string of the molecule is COc1cc2c(cc1OC)CC(=O)N(CCCCOC(N)=O)CC2. The molecule has 1 aliphatic rings. The molecule has 0 spiro atoms. The third-order valence-electron chi connectivity index (χ3n) is 4.12. The predicted molar refractivity (Wildman–Crippen MR) is 88.3 cm³/mol. The number of benzene rings is 1. The van der Waals surface area contributed by atoms with Gasteiger partial charge in [-0.15, -0.1) is 0 Å². The van der Waals surface area contributed by atoms with E-state index in [9.17, 15) is 9.59 Å². The van der Waals surface area contributed by atoms with Gasteiger partial charge in [0.1, 0.15) is 0 Å². The van der Waals surface area contributed by atoms with E-state index in [4.69, 9.17) is 19.9 Å². The number of primary amides is 1. The maximum Gasteiger partial charge on any atom is 0.404 e. The topological polar surface area (TPSA) is 91.1 Å². The number of rotatable bonds is 7. The van der Waals surface area contributed by atoms with E-state index in [2.05, 4.69) is 0 Å². The summed E-state index contributed by atoms with van der Waals surface area (Å²) < 4.78 is 15.3. The molecule has 0 aliphatic carbocycles. The number of hydrogen-bond donors (Lipinski definition) is 1. The zero-order valence-corrected chi connectivity index (χ0v) is 14.2. The maximum absolute atomic E-state index is 12.5. The lowest BCUT2D eigenvalue weighted by molar-refractivity contribution is -0.130. The second-order valence-electron chi connectivity index (χ2n) is 5.66. The molecule has 1 aliphatic heterocycles. The third-order valence-corrected chi connectivity index (χ3v) is 4.12. The monoisotopic (exact) mass is 336 g/mol. The minimum absolute atomic E-state index is 0.0942. The van der Waals surface area contributed by atoms with Gasteiger partial charge in [0.2, 0.25) is 5.91 Å². The fraction of sp³-hybridized carbons (Fsp3) is 0.529. The van der Waals surface area contributed by atoms with Gasteiger partial charge in [0.25, 0.3) is 0 Å². The molecule has 2 rings (SSSR count). The van der Waals surface area contributed by atoms with E-state index in [1.807, 2.05) is 17.0 Å². The standard InChI is InChI=1S/C17H24N2O5/c1-22-14-9-12-5-7-19(6-3-4-8-24-17(18)21)16(20)11-13(12)10-15(14)23-2/h9-10H,3-8,11H2,1-2H3,(H2,18,21). The van der Waals surface area contributed by atoms with E-state index < -0.39 is 6.09 Å². The van der Waals surface area contributed by atoms with Gasteiger partial charge in [-0.3, -0.25) is 4.79 Å². The molecule has 132 valence electrons. The number of nitrogens with zero attached hydrogens (tertiary/aromatic N) is 1. The van der Waals surface area contributed by atoms with Gasteiger partial charge in [-0.25, -0.2) is 4.79 Å². The summed E-state index contributed by atoms with van der Waals surface area (Å²) in [6.45, 7) is 1.59. The van der Waals surface area contributed by atoms with Gasteiger partial charge in [-0.1, -0.05) is 0 Å². The van der Waals surface area contributed by atoms with Gasteiger partial charge in [-0.2, -0.15) is 0 Å². The van der Waals surface area contributed by atoms with Crippen molar-refractivity contribution in [3.05, 3.63) is 23.3 Å². The van der Waals surface area contributed by atoms with Crippen LogP contribution in [0.4, 0.5) is 4.79 Å². The summed E-state index contributed by atoms with van der Waals surface area (Å²) in [7, 11) is 3.19. The highest BCUT2D eigenvalue weighted by molar-refractivity contribution is 5.80. The fourth-order valence-electron chi connectivity index (χ4n) is 2.83. The van der Waals surface area contributed by atoms with Crippen LogP contribution in [0.15, 0.2) is 12.1 Å². The number of carbonyl (C=O) groups excluding carboxylic acids is 2. The Hall–Kier alpha value is -2.44. The van der Waals surface area contributed by atoms with Crippen molar-refractivity contribution in [2.45, 2.75) is 25.7 Å². The van der Waals surface area contributed by atoms with Crippen LogP contribution in [0, 0.1) is 0 Å². The van der Waals surface area contributed by atoms with Crippen molar-refractivity contribution in [2.75, 3.05) is 33.9 Å². The van der Waals surface area contributed by atoms with E-state index in [0.29, 0.717) is 37.4 Å². The van der Waals surface area contributed by atoms with Gasteiger partial charge in [0.15, 0.2) is 11.5 Å². The zero-order valence-electron chi connectivity index (χ0n) is 14.2. The van der Waals surface area contributed by atoms with Crippen LogP contribution in [0.3, 0.4) is 0 Å². The van der Waals surface area contributed by atoms with Crippen LogP contribution in [0.2, 0.25) is 0 Å². The number of carbonyl (C=O) groups is 2. The molecule has 0 fully saturated rings. The van der Waals surface area contributed by atoms with Gasteiger partial charge in [0, 0.05) is 13.1 Å². The molecule has 0 unspecified atom stereocenters. The molecule has 0 radical (unpaired) electrons. The average molecular weight is 336 g/mol. The van der Waals surface area contributed by atoms with Crippen LogP contribution >= 0.6 is 0 Å². The molecule has 1 aromatic carbocycles. The first kappa shape index (κ1) is 17.9. The highest BCUT2D eigenvalue weighted by Gasteiger charge is 2.22. The van der Waals surface area contributed by atoms with Crippen molar-refractivity contribution in [3.63, 3.8) is 0 Å². The number of amides is 2. The van der Waals surface area contributed by atoms with Gasteiger partial charge >= 0.3 is 6.09 Å². The summed E-state index contributed by atoms with van der Waals surface area (Å²) >= 11 is 0. The Kier molecular flexibility index (Phi) is 6.28. The highest BCUT2D eigenvalue weighted by atomic mass is 16.5. The Labute approximate surface area is 141 Å². The lowest BCUT2D eigenvalue weighted by Crippen LogP contribution is -2.33. The highest BCUT2D eigenvalue weighted by Crippen LogP contribution is 2.32. The molecule has 7 heteroatoms. The quantitative estimate of drug-likeness (QED) is 0.762. The summed E-state index contributed by atoms with van der Waals surface area (Å²) in [6, 6.07) is 3.84. The second kappa shape index (κ2) is 8.42. The van der Waals surface area contributed by atoms with Gasteiger partial charge in [-0.05, 0) is 42.5 Å². The van der Waals surface area contributed by atoms with Crippen LogP contribution in [0.1, 0.15) is 24.0 Å². The molecule has 0 saturated carbocycles. The van der Waals surface area contributed by atoms with Crippen molar-refractivity contribution in [1.82, 2.24) is 4.90 Å². The minimum atomic E-state index is -0.765. The number of methoxy groups -OCH3 is 2. The first-order valence-corrected chi connectivity index (χ1v) is 7.99. The molecular weight excluding hydrogens is 312 g/mol. The van der Waals surface area contributed by atoms with Crippen molar-refractivity contribution in [3.8, 4) is 11.5 Å². The summed E-state index contributed by atoms with van der Waals surface area (Å²) in [5.41, 5.74) is 7.01. The molecular formula is C17H24N2O5. The van der Waals surface area contributed by atoms with Crippen molar-refractivity contribution >= 4 is 12.0 Å². The largest absolute Gasteiger partial charge is 0.493 e. The predicted octanol–water partition coefficient (Wildman–Crippen LogP) is 1.51. The number of hydrogen-bond acceptors (Lipinski definition) is 5. The van der Waals surface area contributed by atoms with Crippen LogP contribution in [0.5, 0.6) is 11.5 Å². The Morgan fingerprint density at radius 1 is 1.17 bits per heavy atom. The second-order valence-corrected chi connectivity index (χ2v) is 5.66. The van der Waals surface area contributed by atoms with Crippen molar-refractivity contribution < 1.29 is 23.8 Å². The average Bonchev–Trinajstić information content (AvgIpc) is 2.71.